The van der Waals surface area contributed by atoms with Gasteiger partial charge in [0.1, 0.15) is 18.2 Å². The van der Waals surface area contributed by atoms with E-state index in [0.29, 0.717) is 13.0 Å². The summed E-state index contributed by atoms with van der Waals surface area (Å²) < 4.78 is 7.47. The van der Waals surface area contributed by atoms with Gasteiger partial charge in [0.15, 0.2) is 0 Å². The van der Waals surface area contributed by atoms with Crippen molar-refractivity contribution in [2.24, 2.45) is 0 Å². The highest BCUT2D eigenvalue weighted by atomic mass is 16.5. The Morgan fingerprint density at radius 3 is 2.38 bits per heavy atom. The van der Waals surface area contributed by atoms with Crippen LogP contribution < -0.4 is 10.1 Å². The van der Waals surface area contributed by atoms with Crippen LogP contribution in [-0.4, -0.2) is 22.3 Å². The zero-order valence-corrected chi connectivity index (χ0v) is 17.6. The molecule has 0 saturated heterocycles. The first-order chi connectivity index (χ1) is 15.7. The average Bonchev–Trinajstić information content (AvgIpc) is 3.23. The second kappa shape index (κ2) is 8.55. The van der Waals surface area contributed by atoms with Crippen molar-refractivity contribution in [2.75, 3.05) is 11.9 Å². The molecule has 0 unspecified atom stereocenters. The van der Waals surface area contributed by atoms with E-state index < -0.39 is 0 Å². The minimum atomic E-state index is -0.111. The summed E-state index contributed by atoms with van der Waals surface area (Å²) in [5.74, 6) is 1.37. The minimum Gasteiger partial charge on any atom is -0.490 e. The van der Waals surface area contributed by atoms with Crippen molar-refractivity contribution in [2.45, 2.75) is 12.3 Å². The summed E-state index contributed by atoms with van der Waals surface area (Å²) in [5, 5.41) is 8.05. The summed E-state index contributed by atoms with van der Waals surface area (Å²) in [6, 6.07) is 27.9. The number of rotatable bonds is 6. The van der Waals surface area contributed by atoms with Gasteiger partial charge in [-0.1, -0.05) is 73.3 Å². The normalized spacial score (nSPS) is 15.0. The summed E-state index contributed by atoms with van der Waals surface area (Å²) in [5.41, 5.74) is 4.88. The van der Waals surface area contributed by atoms with Crippen molar-refractivity contribution in [3.8, 4) is 22.7 Å². The summed E-state index contributed by atoms with van der Waals surface area (Å²) in [7, 11) is 0. The number of amides is 1. The Labute approximate surface area is 187 Å². The van der Waals surface area contributed by atoms with E-state index in [1.165, 1.54) is 0 Å². The number of para-hydroxylation sites is 1. The minimum absolute atomic E-state index is 0.0221. The molecule has 4 aromatic rings. The van der Waals surface area contributed by atoms with E-state index in [1.54, 1.807) is 6.08 Å². The number of carbonyl (C=O) groups excluding carboxylic acids is 1. The maximum Gasteiger partial charge on any atom is 0.226 e. The van der Waals surface area contributed by atoms with Crippen LogP contribution in [0.15, 0.2) is 97.6 Å². The highest BCUT2D eigenvalue weighted by Gasteiger charge is 2.34. The van der Waals surface area contributed by atoms with Gasteiger partial charge in [-0.3, -0.25) is 4.79 Å². The van der Waals surface area contributed by atoms with Crippen LogP contribution >= 0.6 is 0 Å². The third kappa shape index (κ3) is 3.69. The van der Waals surface area contributed by atoms with Crippen LogP contribution in [-0.2, 0) is 4.79 Å². The number of hydrogen-bond acceptors (Lipinski definition) is 3. The molecule has 5 nitrogen and oxygen atoms in total. The van der Waals surface area contributed by atoms with E-state index in [-0.39, 0.29) is 11.8 Å². The second-order valence-corrected chi connectivity index (χ2v) is 7.70. The largest absolute Gasteiger partial charge is 0.490 e. The molecule has 3 aromatic carbocycles. The molecule has 5 heteroatoms. The van der Waals surface area contributed by atoms with E-state index in [1.807, 2.05) is 77.5 Å². The van der Waals surface area contributed by atoms with Gasteiger partial charge in [0, 0.05) is 23.5 Å². The standard InChI is InChI=1S/C27H23N3O2/c1-2-17-32-22-15-13-19(14-16-22)23-18-24(31)28-27-25(23)26(20-9-5-3-6-10-20)29-30(27)21-11-7-4-8-12-21/h2-16,23H,1,17-18H2,(H,28,31)/t23-/m0/s1. The van der Waals surface area contributed by atoms with E-state index in [4.69, 9.17) is 9.84 Å². The van der Waals surface area contributed by atoms with Gasteiger partial charge < -0.3 is 10.1 Å². The lowest BCUT2D eigenvalue weighted by Crippen LogP contribution is -2.24. The maximum absolute atomic E-state index is 12.8. The van der Waals surface area contributed by atoms with Crippen LogP contribution in [0.2, 0.25) is 0 Å². The number of ether oxygens (including phenoxy) is 1. The van der Waals surface area contributed by atoms with Crippen LogP contribution in [0.25, 0.3) is 16.9 Å². The monoisotopic (exact) mass is 421 g/mol. The lowest BCUT2D eigenvalue weighted by Gasteiger charge is -2.25. The van der Waals surface area contributed by atoms with E-state index >= 15 is 0 Å². The number of aromatic nitrogens is 2. The summed E-state index contributed by atoms with van der Waals surface area (Å²) in [4.78, 5) is 12.8. The molecule has 0 spiro atoms. The number of nitrogens with zero attached hydrogens (tertiary/aromatic N) is 2. The molecule has 32 heavy (non-hydrogen) atoms. The molecule has 1 amide bonds. The van der Waals surface area contributed by atoms with E-state index in [0.717, 1.165) is 39.6 Å². The molecule has 0 bridgehead atoms. The summed E-state index contributed by atoms with van der Waals surface area (Å²) in [6.07, 6.45) is 2.08. The molecular weight excluding hydrogens is 398 g/mol. The molecule has 0 fully saturated rings. The van der Waals surface area contributed by atoms with Crippen LogP contribution in [0, 0.1) is 0 Å². The predicted molar refractivity (Wildman–Crippen MR) is 126 cm³/mol. The number of benzene rings is 3. The maximum atomic E-state index is 12.8. The Kier molecular flexibility index (Phi) is 5.30. The Morgan fingerprint density at radius 1 is 1.00 bits per heavy atom. The smallest absolute Gasteiger partial charge is 0.226 e. The third-order valence-corrected chi connectivity index (χ3v) is 5.62. The molecule has 0 saturated carbocycles. The van der Waals surface area contributed by atoms with E-state index in [2.05, 4.69) is 24.0 Å². The Hall–Kier alpha value is -4.12. The number of nitrogens with one attached hydrogen (secondary N) is 1. The lowest BCUT2D eigenvalue weighted by atomic mass is 9.84. The first kappa shape index (κ1) is 19.8. The molecule has 5 rings (SSSR count). The molecule has 158 valence electrons. The average molecular weight is 422 g/mol. The van der Waals surface area contributed by atoms with Gasteiger partial charge in [-0.15, -0.1) is 0 Å². The van der Waals surface area contributed by atoms with Crippen LogP contribution in [0.3, 0.4) is 0 Å². The molecular formula is C27H23N3O2. The van der Waals surface area contributed by atoms with Gasteiger partial charge in [0.05, 0.1) is 11.4 Å². The van der Waals surface area contributed by atoms with E-state index in [9.17, 15) is 4.79 Å². The van der Waals surface area contributed by atoms with Crippen LogP contribution in [0.4, 0.5) is 5.82 Å². The van der Waals surface area contributed by atoms with Crippen molar-refractivity contribution < 1.29 is 9.53 Å². The Bertz CT molecular complexity index is 1250. The number of fused-ring (bicyclic) bond motifs is 1. The zero-order valence-electron chi connectivity index (χ0n) is 17.6. The third-order valence-electron chi connectivity index (χ3n) is 5.62. The van der Waals surface area contributed by atoms with Crippen LogP contribution in [0.5, 0.6) is 5.75 Å². The van der Waals surface area contributed by atoms with Gasteiger partial charge in [0.25, 0.3) is 0 Å². The fourth-order valence-corrected chi connectivity index (χ4v) is 4.15. The first-order valence-electron chi connectivity index (χ1n) is 10.6. The molecule has 2 heterocycles. The molecule has 1 N–H and O–H groups in total. The number of anilines is 1. The van der Waals surface area contributed by atoms with Gasteiger partial charge in [-0.25, -0.2) is 4.68 Å². The van der Waals surface area contributed by atoms with Gasteiger partial charge >= 0.3 is 0 Å². The Morgan fingerprint density at radius 2 is 1.69 bits per heavy atom. The number of carbonyl (C=O) groups is 1. The molecule has 1 atom stereocenters. The highest BCUT2D eigenvalue weighted by molar-refractivity contribution is 5.96. The van der Waals surface area contributed by atoms with Gasteiger partial charge in [0.2, 0.25) is 5.91 Å². The molecule has 1 aromatic heterocycles. The highest BCUT2D eigenvalue weighted by Crippen LogP contribution is 2.44. The van der Waals surface area contributed by atoms with Crippen LogP contribution in [0.1, 0.15) is 23.5 Å². The van der Waals surface area contributed by atoms with Crippen molar-refractivity contribution in [3.05, 3.63) is 109 Å². The molecule has 0 radical (unpaired) electrons. The van der Waals surface area contributed by atoms with Gasteiger partial charge in [-0.05, 0) is 29.8 Å². The SMILES string of the molecule is C=CCOc1ccc([C@@H]2CC(=O)Nc3c2c(-c2ccccc2)nn3-c2ccccc2)cc1. The topological polar surface area (TPSA) is 56.1 Å². The lowest BCUT2D eigenvalue weighted by molar-refractivity contribution is -0.116. The molecule has 1 aliphatic heterocycles. The Balaban J connectivity index is 1.66. The zero-order chi connectivity index (χ0) is 21.9. The molecule has 1 aliphatic rings. The second-order valence-electron chi connectivity index (χ2n) is 7.70. The number of hydrogen-bond donors (Lipinski definition) is 1. The first-order valence-corrected chi connectivity index (χ1v) is 10.6. The van der Waals surface area contributed by atoms with Crippen molar-refractivity contribution in [1.29, 1.82) is 0 Å². The fraction of sp³-hybridized carbons (Fsp3) is 0.111. The van der Waals surface area contributed by atoms with Gasteiger partial charge in [-0.2, -0.15) is 5.10 Å². The predicted octanol–water partition coefficient (Wildman–Crippen LogP) is 5.58. The molecule has 0 aliphatic carbocycles. The fourth-order valence-electron chi connectivity index (χ4n) is 4.15. The van der Waals surface area contributed by atoms with Crippen molar-refractivity contribution in [1.82, 2.24) is 9.78 Å². The van der Waals surface area contributed by atoms with Crippen molar-refractivity contribution >= 4 is 11.7 Å². The quantitative estimate of drug-likeness (QED) is 0.414. The summed E-state index contributed by atoms with van der Waals surface area (Å²) >= 11 is 0. The summed E-state index contributed by atoms with van der Waals surface area (Å²) in [6.45, 7) is 4.14. The van der Waals surface area contributed by atoms with Crippen molar-refractivity contribution in [3.63, 3.8) is 0 Å².